The molecule has 1 unspecified atom stereocenters. The Morgan fingerprint density at radius 2 is 2.37 bits per heavy atom. The summed E-state index contributed by atoms with van der Waals surface area (Å²) >= 11 is 1.68. The van der Waals surface area contributed by atoms with Gasteiger partial charge in [-0.05, 0) is 37.3 Å². The number of benzene rings is 1. The van der Waals surface area contributed by atoms with Crippen LogP contribution >= 0.6 is 11.8 Å². The molecule has 3 nitrogen and oxygen atoms in total. The minimum atomic E-state index is 0.419. The van der Waals surface area contributed by atoms with Crippen LogP contribution in [-0.4, -0.2) is 24.9 Å². The molecule has 0 amide bonds. The van der Waals surface area contributed by atoms with Crippen LogP contribution in [0.5, 0.6) is 5.75 Å². The molecule has 0 aromatic heterocycles. The maximum atomic E-state index is 9.30. The van der Waals surface area contributed by atoms with Crippen molar-refractivity contribution in [2.24, 2.45) is 0 Å². The van der Waals surface area contributed by atoms with E-state index in [-0.39, 0.29) is 0 Å². The summed E-state index contributed by atoms with van der Waals surface area (Å²) in [6, 6.07) is 8.53. The van der Waals surface area contributed by atoms with Crippen molar-refractivity contribution in [3.63, 3.8) is 0 Å². The summed E-state index contributed by atoms with van der Waals surface area (Å²) in [5, 5.41) is 12.8. The standard InChI is InChI=1S/C15H20N2OS/c1-2-19-15-8-5-7-14(13(15)10-16)18-11-12-6-3-4-9-17-12/h5,7-8,12,17H,2-4,6,9,11H2,1H3. The smallest absolute Gasteiger partial charge is 0.138 e. The Labute approximate surface area is 119 Å². The summed E-state index contributed by atoms with van der Waals surface area (Å²) in [6.07, 6.45) is 3.67. The van der Waals surface area contributed by atoms with Gasteiger partial charge in [0.15, 0.2) is 0 Å². The minimum absolute atomic E-state index is 0.419. The van der Waals surface area contributed by atoms with Crippen LogP contribution in [0.25, 0.3) is 0 Å². The van der Waals surface area contributed by atoms with Gasteiger partial charge in [0.1, 0.15) is 24.0 Å². The first-order valence-corrected chi connectivity index (χ1v) is 7.85. The number of piperidine rings is 1. The van der Waals surface area contributed by atoms with Crippen molar-refractivity contribution in [2.45, 2.75) is 37.1 Å². The van der Waals surface area contributed by atoms with E-state index in [2.05, 4.69) is 18.3 Å². The van der Waals surface area contributed by atoms with E-state index in [4.69, 9.17) is 4.74 Å². The molecule has 1 aromatic rings. The monoisotopic (exact) mass is 276 g/mol. The third-order valence-electron chi connectivity index (χ3n) is 3.25. The van der Waals surface area contributed by atoms with Crippen molar-refractivity contribution in [1.29, 1.82) is 5.26 Å². The van der Waals surface area contributed by atoms with Crippen LogP contribution in [-0.2, 0) is 0 Å². The van der Waals surface area contributed by atoms with Crippen molar-refractivity contribution in [1.82, 2.24) is 5.32 Å². The highest BCUT2D eigenvalue weighted by Gasteiger charge is 2.15. The lowest BCUT2D eigenvalue weighted by Crippen LogP contribution is -2.38. The van der Waals surface area contributed by atoms with E-state index in [1.807, 2.05) is 18.2 Å². The van der Waals surface area contributed by atoms with E-state index in [1.54, 1.807) is 11.8 Å². The Hall–Kier alpha value is -1.18. The number of hydrogen-bond acceptors (Lipinski definition) is 4. The molecule has 0 aliphatic carbocycles. The summed E-state index contributed by atoms with van der Waals surface area (Å²) in [5.41, 5.74) is 0.671. The van der Waals surface area contributed by atoms with Gasteiger partial charge in [0.25, 0.3) is 0 Å². The fourth-order valence-electron chi connectivity index (χ4n) is 2.27. The summed E-state index contributed by atoms with van der Waals surface area (Å²) in [7, 11) is 0. The van der Waals surface area contributed by atoms with Gasteiger partial charge in [0, 0.05) is 10.9 Å². The molecule has 1 atom stereocenters. The molecule has 19 heavy (non-hydrogen) atoms. The zero-order valence-corrected chi connectivity index (χ0v) is 12.1. The highest BCUT2D eigenvalue weighted by Crippen LogP contribution is 2.29. The predicted molar refractivity (Wildman–Crippen MR) is 78.7 cm³/mol. The normalized spacial score (nSPS) is 18.8. The SMILES string of the molecule is CCSc1cccc(OCC2CCCCN2)c1C#N. The summed E-state index contributed by atoms with van der Waals surface area (Å²) < 4.78 is 5.86. The van der Waals surface area contributed by atoms with Crippen LogP contribution in [0.4, 0.5) is 0 Å². The van der Waals surface area contributed by atoms with Gasteiger partial charge in [-0.2, -0.15) is 5.26 Å². The first-order valence-electron chi connectivity index (χ1n) is 6.87. The number of nitriles is 1. The Balaban J connectivity index is 2.02. The summed E-state index contributed by atoms with van der Waals surface area (Å²) in [5.74, 6) is 1.68. The molecule has 1 N–H and O–H groups in total. The average Bonchev–Trinajstić information content (AvgIpc) is 2.46. The van der Waals surface area contributed by atoms with Gasteiger partial charge in [-0.15, -0.1) is 11.8 Å². The van der Waals surface area contributed by atoms with Crippen LogP contribution in [0.15, 0.2) is 23.1 Å². The Bertz CT molecular complexity index is 450. The lowest BCUT2D eigenvalue weighted by Gasteiger charge is -2.23. The quantitative estimate of drug-likeness (QED) is 0.839. The van der Waals surface area contributed by atoms with Crippen molar-refractivity contribution < 1.29 is 4.74 Å². The van der Waals surface area contributed by atoms with Crippen LogP contribution in [0.3, 0.4) is 0 Å². The Morgan fingerprint density at radius 1 is 1.47 bits per heavy atom. The first kappa shape index (κ1) is 14.2. The number of nitrogens with zero attached hydrogens (tertiary/aromatic N) is 1. The van der Waals surface area contributed by atoms with Gasteiger partial charge in [-0.3, -0.25) is 0 Å². The van der Waals surface area contributed by atoms with Crippen LogP contribution in [0, 0.1) is 11.3 Å². The van der Waals surface area contributed by atoms with E-state index in [9.17, 15) is 5.26 Å². The van der Waals surface area contributed by atoms with Crippen molar-refractivity contribution in [3.8, 4) is 11.8 Å². The third kappa shape index (κ3) is 3.89. The first-order chi connectivity index (χ1) is 9.35. The predicted octanol–water partition coefficient (Wildman–Crippen LogP) is 3.19. The molecule has 1 aliphatic rings. The topological polar surface area (TPSA) is 45.0 Å². The molecule has 102 valence electrons. The molecule has 1 aromatic carbocycles. The lowest BCUT2D eigenvalue weighted by atomic mass is 10.1. The third-order valence-corrected chi connectivity index (χ3v) is 4.19. The van der Waals surface area contributed by atoms with E-state index >= 15 is 0 Å². The zero-order valence-electron chi connectivity index (χ0n) is 11.3. The van der Waals surface area contributed by atoms with E-state index in [0.29, 0.717) is 24.0 Å². The molecule has 0 radical (unpaired) electrons. The number of thioether (sulfide) groups is 1. The van der Waals surface area contributed by atoms with Crippen LogP contribution < -0.4 is 10.1 Å². The molecular weight excluding hydrogens is 256 g/mol. The van der Waals surface area contributed by atoms with Crippen LogP contribution in [0.2, 0.25) is 0 Å². The molecule has 1 fully saturated rings. The largest absolute Gasteiger partial charge is 0.491 e. The molecule has 1 saturated heterocycles. The van der Waals surface area contributed by atoms with Crippen molar-refractivity contribution in [2.75, 3.05) is 18.9 Å². The maximum Gasteiger partial charge on any atom is 0.138 e. The second-order valence-corrected chi connectivity index (χ2v) is 5.94. The van der Waals surface area contributed by atoms with Gasteiger partial charge >= 0.3 is 0 Å². The fourth-order valence-corrected chi connectivity index (χ4v) is 3.05. The summed E-state index contributed by atoms with van der Waals surface area (Å²) in [6.45, 7) is 3.81. The van der Waals surface area contributed by atoms with Gasteiger partial charge in [0.2, 0.25) is 0 Å². The number of hydrogen-bond donors (Lipinski definition) is 1. The molecule has 0 saturated carbocycles. The lowest BCUT2D eigenvalue weighted by molar-refractivity contribution is 0.238. The maximum absolute atomic E-state index is 9.30. The second kappa shape index (κ2) is 7.42. The van der Waals surface area contributed by atoms with Crippen molar-refractivity contribution >= 4 is 11.8 Å². The molecular formula is C15H20N2OS. The Kier molecular flexibility index (Phi) is 5.56. The number of ether oxygens (including phenoxy) is 1. The van der Waals surface area contributed by atoms with E-state index in [1.165, 1.54) is 12.8 Å². The highest BCUT2D eigenvalue weighted by atomic mass is 32.2. The zero-order chi connectivity index (χ0) is 13.5. The van der Waals surface area contributed by atoms with Crippen molar-refractivity contribution in [3.05, 3.63) is 23.8 Å². The van der Waals surface area contributed by atoms with Gasteiger partial charge < -0.3 is 10.1 Å². The van der Waals surface area contributed by atoms with Gasteiger partial charge in [-0.25, -0.2) is 0 Å². The van der Waals surface area contributed by atoms with Gasteiger partial charge in [-0.1, -0.05) is 19.4 Å². The van der Waals surface area contributed by atoms with E-state index in [0.717, 1.165) is 23.6 Å². The van der Waals surface area contributed by atoms with E-state index < -0.39 is 0 Å². The fraction of sp³-hybridized carbons (Fsp3) is 0.533. The molecule has 0 spiro atoms. The average molecular weight is 276 g/mol. The number of rotatable bonds is 5. The minimum Gasteiger partial charge on any atom is -0.491 e. The second-order valence-electron chi connectivity index (χ2n) is 4.63. The Morgan fingerprint density at radius 3 is 3.05 bits per heavy atom. The molecule has 2 rings (SSSR count). The number of nitrogens with one attached hydrogen (secondary N) is 1. The van der Waals surface area contributed by atoms with Gasteiger partial charge in [0.05, 0.1) is 0 Å². The summed E-state index contributed by atoms with van der Waals surface area (Å²) in [4.78, 5) is 1.01. The molecule has 0 bridgehead atoms. The van der Waals surface area contributed by atoms with Crippen LogP contribution in [0.1, 0.15) is 31.7 Å². The molecule has 1 aliphatic heterocycles. The molecule has 4 heteroatoms. The highest BCUT2D eigenvalue weighted by molar-refractivity contribution is 7.99. The molecule has 1 heterocycles.